The number of hydrogen-bond donors (Lipinski definition) is 0. The molecule has 5 aromatic carbocycles. The number of benzene rings is 5. The summed E-state index contributed by atoms with van der Waals surface area (Å²) >= 11 is -0.329. The van der Waals surface area contributed by atoms with E-state index in [-0.39, 0.29) is 11.5 Å². The molecular formula is C28H22N2O5S. The molecule has 0 bridgehead atoms. The fourth-order valence-corrected chi connectivity index (χ4v) is 4.63. The lowest BCUT2D eigenvalue weighted by Crippen LogP contribution is -2.46. The summed E-state index contributed by atoms with van der Waals surface area (Å²) in [5.41, 5.74) is -0.129. The Morgan fingerprint density at radius 3 is 1.83 bits per heavy atom. The van der Waals surface area contributed by atoms with Crippen LogP contribution in [0.3, 0.4) is 0 Å². The molecule has 36 heavy (non-hydrogen) atoms. The van der Waals surface area contributed by atoms with Crippen LogP contribution in [0.2, 0.25) is 0 Å². The summed E-state index contributed by atoms with van der Waals surface area (Å²) in [6.07, 6.45) is -2.19. The van der Waals surface area contributed by atoms with Gasteiger partial charge >= 0.3 is 12.2 Å². The third-order valence-corrected chi connectivity index (χ3v) is 6.25. The monoisotopic (exact) mass is 498 g/mol. The van der Waals surface area contributed by atoms with Gasteiger partial charge in [0, 0.05) is 10.9 Å². The summed E-state index contributed by atoms with van der Waals surface area (Å²) in [7, 11) is 0. The van der Waals surface area contributed by atoms with Crippen LogP contribution in [0.5, 0.6) is 0 Å². The topological polar surface area (TPSA) is 85.3 Å². The number of nitrogens with zero attached hydrogens (tertiary/aromatic N) is 2. The van der Waals surface area contributed by atoms with Crippen LogP contribution in [0.1, 0.15) is 20.8 Å². The van der Waals surface area contributed by atoms with E-state index in [4.69, 9.17) is 4.89 Å². The summed E-state index contributed by atoms with van der Waals surface area (Å²) in [5, 5.41) is 8.52. The summed E-state index contributed by atoms with van der Waals surface area (Å²) in [6, 6.07) is 26.8. The smallest absolute Gasteiger partial charge is 0.269 e. The van der Waals surface area contributed by atoms with Gasteiger partial charge < -0.3 is 0 Å². The molecule has 0 aliphatic heterocycles. The molecule has 180 valence electrons. The molecule has 0 radical (unpaired) electrons. The quantitative estimate of drug-likeness (QED) is 0.136. The van der Waals surface area contributed by atoms with Crippen molar-refractivity contribution >= 4 is 72.4 Å². The summed E-state index contributed by atoms with van der Waals surface area (Å²) in [5.74, 6) is 0. The molecule has 0 heterocycles. The molecular weight excluding hydrogens is 476 g/mol. The molecule has 0 atom stereocenters. The lowest BCUT2D eigenvalue weighted by Gasteiger charge is -2.34. The fraction of sp³-hybridized carbons (Fsp3) is 0.143. The Balaban J connectivity index is 1.65. The Kier molecular flexibility index (Phi) is 5.89. The highest BCUT2D eigenvalue weighted by atomic mass is 32.1. The molecule has 0 N–H and O–H groups in total. The number of carbonyl (C=O) groups excluding carboxylic acids is 2. The van der Waals surface area contributed by atoms with Crippen molar-refractivity contribution in [2.45, 2.75) is 26.3 Å². The van der Waals surface area contributed by atoms with Crippen LogP contribution in [0.15, 0.2) is 83.2 Å². The number of carbonyl (C=O) groups is 2. The molecule has 8 heteroatoms. The van der Waals surface area contributed by atoms with Gasteiger partial charge in [-0.3, -0.25) is 4.90 Å². The van der Waals surface area contributed by atoms with Crippen LogP contribution >= 0.6 is 0 Å². The number of rotatable bonds is 1. The molecule has 0 aliphatic carbocycles. The van der Waals surface area contributed by atoms with Crippen molar-refractivity contribution in [3.63, 3.8) is 0 Å². The van der Waals surface area contributed by atoms with E-state index in [9.17, 15) is 13.8 Å². The van der Waals surface area contributed by atoms with Crippen molar-refractivity contribution in [1.29, 1.82) is 0 Å². The minimum absolute atomic E-state index is 0.329. The first kappa shape index (κ1) is 23.4. The van der Waals surface area contributed by atoms with Crippen LogP contribution < -0.4 is 4.90 Å². The highest BCUT2D eigenvalue weighted by Crippen LogP contribution is 2.36. The Bertz CT molecular complexity index is 1740. The maximum absolute atomic E-state index is 13.0. The predicted molar refractivity (Wildman–Crippen MR) is 142 cm³/mol. The highest BCUT2D eigenvalue weighted by Gasteiger charge is 2.32. The molecule has 0 unspecified atom stereocenters. The number of amides is 2. The van der Waals surface area contributed by atoms with Crippen molar-refractivity contribution in [1.82, 2.24) is 0 Å². The Hall–Kier alpha value is -4.30. The van der Waals surface area contributed by atoms with Crippen LogP contribution in [-0.4, -0.2) is 21.9 Å². The van der Waals surface area contributed by atoms with Gasteiger partial charge in [0.15, 0.2) is 0 Å². The second kappa shape index (κ2) is 9.05. The van der Waals surface area contributed by atoms with E-state index in [1.807, 2.05) is 51.1 Å². The van der Waals surface area contributed by atoms with Gasteiger partial charge in [-0.15, -0.1) is 0 Å². The lowest BCUT2D eigenvalue weighted by atomic mass is 9.96. The van der Waals surface area contributed by atoms with Crippen molar-refractivity contribution in [2.75, 3.05) is 4.90 Å². The van der Waals surface area contributed by atoms with E-state index in [2.05, 4.69) is 57.8 Å². The zero-order chi connectivity index (χ0) is 25.4. The molecule has 5 aromatic rings. The van der Waals surface area contributed by atoms with Crippen LogP contribution in [0, 0.1) is 0 Å². The molecule has 0 fully saturated rings. The second-order valence-electron chi connectivity index (χ2n) is 9.47. The van der Waals surface area contributed by atoms with Crippen molar-refractivity contribution in [2.24, 2.45) is 4.36 Å². The van der Waals surface area contributed by atoms with Crippen LogP contribution in [0.4, 0.5) is 15.3 Å². The average molecular weight is 499 g/mol. The first-order valence-electron chi connectivity index (χ1n) is 11.3. The van der Waals surface area contributed by atoms with Gasteiger partial charge in [-0.2, -0.15) is 4.21 Å². The largest absolute Gasteiger partial charge is 0.489 e. The number of hydrogen-bond acceptors (Lipinski definition) is 5. The molecule has 5 rings (SSSR count). The Morgan fingerprint density at radius 1 is 0.722 bits per heavy atom. The molecule has 0 aromatic heterocycles. The van der Waals surface area contributed by atoms with Gasteiger partial charge in [0.05, 0.1) is 5.69 Å². The van der Waals surface area contributed by atoms with Gasteiger partial charge in [0.2, 0.25) is 11.5 Å². The average Bonchev–Trinajstić information content (AvgIpc) is 2.83. The normalized spacial score (nSPS) is 11.5. The minimum Gasteiger partial charge on any atom is -0.269 e. The van der Waals surface area contributed by atoms with Gasteiger partial charge in [0.1, 0.15) is 0 Å². The zero-order valence-electron chi connectivity index (χ0n) is 19.8. The summed E-state index contributed by atoms with van der Waals surface area (Å²) in [6.45, 7) is 5.52. The van der Waals surface area contributed by atoms with E-state index in [1.165, 1.54) is 15.7 Å². The summed E-state index contributed by atoms with van der Waals surface area (Å²) in [4.78, 5) is 34.9. The van der Waals surface area contributed by atoms with E-state index in [1.54, 1.807) is 0 Å². The molecule has 0 spiro atoms. The van der Waals surface area contributed by atoms with Crippen LogP contribution in [-0.2, 0) is 21.2 Å². The minimum atomic E-state index is -1.29. The number of fused-ring (bicyclic) bond motifs is 4. The van der Waals surface area contributed by atoms with E-state index in [0.29, 0.717) is 5.69 Å². The molecule has 7 nitrogen and oxygen atoms in total. The third-order valence-electron chi connectivity index (χ3n) is 6.02. The molecule has 0 saturated carbocycles. The predicted octanol–water partition coefficient (Wildman–Crippen LogP) is 7.49. The fourth-order valence-electron chi connectivity index (χ4n) is 4.54. The highest BCUT2D eigenvalue weighted by molar-refractivity contribution is 7.55. The second-order valence-corrected chi connectivity index (χ2v) is 9.80. The SMILES string of the molecule is CC(C)(C)N(C(=O)OOC(=O)N=S=O)c1cccc2cc3cc4cc5ccccc5cc4cc3cc12. The molecule has 0 saturated heterocycles. The maximum Gasteiger partial charge on any atom is 0.489 e. The van der Waals surface area contributed by atoms with E-state index >= 15 is 0 Å². The first-order chi connectivity index (χ1) is 17.2. The first-order valence-corrected chi connectivity index (χ1v) is 12.0. The third kappa shape index (κ3) is 4.38. The number of anilines is 1. The molecule has 0 aliphatic rings. The van der Waals surface area contributed by atoms with Crippen molar-refractivity contribution in [3.8, 4) is 0 Å². The van der Waals surface area contributed by atoms with Gasteiger partial charge in [-0.25, -0.2) is 19.4 Å². The molecule has 2 amide bonds. The Labute approximate surface area is 210 Å². The van der Waals surface area contributed by atoms with E-state index < -0.39 is 17.7 Å². The van der Waals surface area contributed by atoms with Crippen molar-refractivity contribution < 1.29 is 23.6 Å². The zero-order valence-corrected chi connectivity index (χ0v) is 20.7. The van der Waals surface area contributed by atoms with E-state index in [0.717, 1.165) is 32.3 Å². The van der Waals surface area contributed by atoms with Gasteiger partial charge in [0.25, 0.3) is 0 Å². The van der Waals surface area contributed by atoms with Crippen molar-refractivity contribution in [3.05, 3.63) is 78.9 Å². The van der Waals surface area contributed by atoms with Gasteiger partial charge in [-0.1, -0.05) is 40.8 Å². The van der Waals surface area contributed by atoms with Crippen LogP contribution in [0.25, 0.3) is 43.1 Å². The Morgan fingerprint density at radius 2 is 1.25 bits per heavy atom. The summed E-state index contributed by atoms with van der Waals surface area (Å²) < 4.78 is 13.3. The standard InChI is InChI=1S/C28H22N2O5S/c1-28(2,3)30(27(32)35-34-26(31)29-36-33)25-10-6-9-19-13-22-14-20-11-17-7-4-5-8-18(17)12-21(20)15-23(22)16-24(19)25/h4-16H,1-3H3. The van der Waals surface area contributed by atoms with Gasteiger partial charge in [-0.05, 0) is 101 Å². The maximum atomic E-state index is 13.0. The lowest BCUT2D eigenvalue weighted by molar-refractivity contribution is -0.173.